The van der Waals surface area contributed by atoms with E-state index >= 15 is 0 Å². The third-order valence-electron chi connectivity index (χ3n) is 3.25. The molecular weight excluding hydrogens is 273 g/mol. The zero-order chi connectivity index (χ0) is 14.8. The molecule has 0 heterocycles. The Morgan fingerprint density at radius 1 is 1.05 bits per heavy atom. The first kappa shape index (κ1) is 14.9. The zero-order valence-electron chi connectivity index (χ0n) is 12.0. The highest BCUT2D eigenvalue weighted by Gasteiger charge is 2.12. The molecule has 0 fully saturated rings. The van der Waals surface area contributed by atoms with E-state index in [4.69, 9.17) is 11.6 Å². The predicted octanol–water partition coefficient (Wildman–Crippen LogP) is 5.39. The monoisotopic (exact) mass is 291 g/mol. The van der Waals surface area contributed by atoms with Crippen LogP contribution in [0.4, 0.5) is 10.1 Å². The quantitative estimate of drug-likeness (QED) is 0.799. The molecule has 2 rings (SSSR count). The first-order valence-electron chi connectivity index (χ1n) is 6.64. The van der Waals surface area contributed by atoms with Gasteiger partial charge in [0.2, 0.25) is 0 Å². The van der Waals surface area contributed by atoms with Crippen molar-refractivity contribution in [1.29, 1.82) is 0 Å². The first-order valence-corrected chi connectivity index (χ1v) is 7.02. The molecule has 3 heteroatoms. The van der Waals surface area contributed by atoms with Crippen molar-refractivity contribution < 1.29 is 4.39 Å². The van der Waals surface area contributed by atoms with Crippen molar-refractivity contribution in [3.8, 4) is 0 Å². The van der Waals surface area contributed by atoms with Gasteiger partial charge >= 0.3 is 0 Å². The van der Waals surface area contributed by atoms with E-state index in [-0.39, 0.29) is 11.2 Å². The van der Waals surface area contributed by atoms with Crippen molar-refractivity contribution in [2.75, 3.05) is 5.32 Å². The van der Waals surface area contributed by atoms with Gasteiger partial charge in [0, 0.05) is 22.8 Å². The van der Waals surface area contributed by atoms with Gasteiger partial charge in [-0.1, -0.05) is 50.6 Å². The molecule has 0 atom stereocenters. The van der Waals surface area contributed by atoms with Crippen molar-refractivity contribution in [2.24, 2.45) is 0 Å². The molecule has 2 aromatic rings. The minimum absolute atomic E-state index is 0.140. The van der Waals surface area contributed by atoms with Gasteiger partial charge in [0.15, 0.2) is 0 Å². The van der Waals surface area contributed by atoms with E-state index in [1.54, 1.807) is 12.1 Å². The average Bonchev–Trinajstić information content (AvgIpc) is 2.37. The maximum absolute atomic E-state index is 13.6. The second-order valence-corrected chi connectivity index (χ2v) is 6.35. The molecule has 0 aliphatic carbocycles. The van der Waals surface area contributed by atoms with Crippen LogP contribution in [-0.2, 0) is 12.0 Å². The van der Waals surface area contributed by atoms with E-state index in [0.717, 1.165) is 5.69 Å². The lowest BCUT2D eigenvalue weighted by atomic mass is 9.87. The van der Waals surface area contributed by atoms with Gasteiger partial charge in [-0.3, -0.25) is 0 Å². The summed E-state index contributed by atoms with van der Waals surface area (Å²) in [5.41, 5.74) is 3.00. The fourth-order valence-corrected chi connectivity index (χ4v) is 2.11. The molecule has 0 spiro atoms. The van der Waals surface area contributed by atoms with Crippen molar-refractivity contribution in [3.63, 3.8) is 0 Å². The van der Waals surface area contributed by atoms with Crippen LogP contribution in [-0.4, -0.2) is 0 Å². The lowest BCUT2D eigenvalue weighted by molar-refractivity contribution is 0.590. The van der Waals surface area contributed by atoms with E-state index in [0.29, 0.717) is 17.1 Å². The summed E-state index contributed by atoms with van der Waals surface area (Å²) in [6.45, 7) is 6.98. The van der Waals surface area contributed by atoms with Crippen LogP contribution in [0.3, 0.4) is 0 Å². The Balaban J connectivity index is 2.04. The summed E-state index contributed by atoms with van der Waals surface area (Å²) in [5, 5.41) is 3.63. The normalized spacial score (nSPS) is 11.4. The van der Waals surface area contributed by atoms with E-state index < -0.39 is 0 Å². The molecule has 0 bridgehead atoms. The second kappa shape index (κ2) is 5.84. The van der Waals surface area contributed by atoms with Crippen molar-refractivity contribution in [1.82, 2.24) is 0 Å². The average molecular weight is 292 g/mol. The standard InChI is InChI=1S/C17H19ClFN/c1-17(2,3)13-5-8-15(9-6-13)20-11-12-4-7-14(18)10-16(12)19/h4-10,20H,11H2,1-3H3. The van der Waals surface area contributed by atoms with Crippen LogP contribution in [0.2, 0.25) is 5.02 Å². The van der Waals surface area contributed by atoms with E-state index in [1.807, 2.05) is 12.1 Å². The van der Waals surface area contributed by atoms with Gasteiger partial charge in [-0.15, -0.1) is 0 Å². The minimum atomic E-state index is -0.281. The first-order chi connectivity index (χ1) is 9.36. The third-order valence-corrected chi connectivity index (χ3v) is 3.48. The zero-order valence-corrected chi connectivity index (χ0v) is 12.8. The summed E-state index contributed by atoms with van der Waals surface area (Å²) in [7, 11) is 0. The molecule has 20 heavy (non-hydrogen) atoms. The fraction of sp³-hybridized carbons (Fsp3) is 0.294. The molecule has 0 radical (unpaired) electrons. The fourth-order valence-electron chi connectivity index (χ4n) is 1.95. The number of halogens is 2. The van der Waals surface area contributed by atoms with Crippen LogP contribution in [0.15, 0.2) is 42.5 Å². The van der Waals surface area contributed by atoms with E-state index in [2.05, 4.69) is 38.2 Å². The summed E-state index contributed by atoms with van der Waals surface area (Å²) in [4.78, 5) is 0. The third kappa shape index (κ3) is 3.73. The van der Waals surface area contributed by atoms with Crippen LogP contribution < -0.4 is 5.32 Å². The Bertz CT molecular complexity index is 585. The second-order valence-electron chi connectivity index (χ2n) is 5.92. The number of anilines is 1. The lowest BCUT2D eigenvalue weighted by Gasteiger charge is -2.19. The molecule has 0 saturated heterocycles. The molecule has 0 aromatic heterocycles. The Labute approximate surface area is 124 Å². The number of hydrogen-bond acceptors (Lipinski definition) is 1. The van der Waals surface area contributed by atoms with E-state index in [9.17, 15) is 4.39 Å². The lowest BCUT2D eigenvalue weighted by Crippen LogP contribution is -2.10. The smallest absolute Gasteiger partial charge is 0.129 e. The summed E-state index contributed by atoms with van der Waals surface area (Å²) in [6.07, 6.45) is 0. The molecule has 0 aliphatic heterocycles. The Morgan fingerprint density at radius 3 is 2.25 bits per heavy atom. The van der Waals surface area contributed by atoms with Crippen LogP contribution in [0.5, 0.6) is 0 Å². The van der Waals surface area contributed by atoms with Gasteiger partial charge in [0.1, 0.15) is 5.82 Å². The van der Waals surface area contributed by atoms with Gasteiger partial charge in [-0.25, -0.2) is 4.39 Å². The molecule has 0 saturated carbocycles. The molecule has 106 valence electrons. The van der Waals surface area contributed by atoms with Crippen molar-refractivity contribution in [2.45, 2.75) is 32.7 Å². The van der Waals surface area contributed by atoms with Gasteiger partial charge < -0.3 is 5.32 Å². The summed E-state index contributed by atoms with van der Waals surface area (Å²) < 4.78 is 13.6. The highest BCUT2D eigenvalue weighted by atomic mass is 35.5. The Kier molecular flexibility index (Phi) is 4.34. The highest BCUT2D eigenvalue weighted by molar-refractivity contribution is 6.30. The number of rotatable bonds is 3. The van der Waals surface area contributed by atoms with Crippen molar-refractivity contribution in [3.05, 3.63) is 64.4 Å². The molecule has 0 aliphatic rings. The van der Waals surface area contributed by atoms with Crippen LogP contribution >= 0.6 is 11.6 Å². The maximum atomic E-state index is 13.6. The largest absolute Gasteiger partial charge is 0.381 e. The molecular formula is C17H19ClFN. The number of benzene rings is 2. The van der Waals surface area contributed by atoms with E-state index in [1.165, 1.54) is 11.6 Å². The van der Waals surface area contributed by atoms with Gasteiger partial charge in [-0.05, 0) is 35.2 Å². The van der Waals surface area contributed by atoms with Crippen molar-refractivity contribution >= 4 is 17.3 Å². The summed E-state index contributed by atoms with van der Waals surface area (Å²) in [5.74, 6) is -0.281. The molecule has 2 aromatic carbocycles. The van der Waals surface area contributed by atoms with Crippen LogP contribution in [0.25, 0.3) is 0 Å². The Morgan fingerprint density at radius 2 is 1.70 bits per heavy atom. The summed E-state index contributed by atoms with van der Waals surface area (Å²) >= 11 is 5.73. The molecule has 0 unspecified atom stereocenters. The minimum Gasteiger partial charge on any atom is -0.381 e. The Hall–Kier alpha value is -1.54. The van der Waals surface area contributed by atoms with Crippen LogP contribution in [0.1, 0.15) is 31.9 Å². The number of nitrogens with one attached hydrogen (secondary N) is 1. The highest BCUT2D eigenvalue weighted by Crippen LogP contribution is 2.24. The molecule has 1 N–H and O–H groups in total. The van der Waals surface area contributed by atoms with Crippen LogP contribution in [0, 0.1) is 5.82 Å². The van der Waals surface area contributed by atoms with Gasteiger partial charge in [0.25, 0.3) is 0 Å². The molecule has 1 nitrogen and oxygen atoms in total. The SMILES string of the molecule is CC(C)(C)c1ccc(NCc2ccc(Cl)cc2F)cc1. The molecule has 0 amide bonds. The maximum Gasteiger partial charge on any atom is 0.129 e. The topological polar surface area (TPSA) is 12.0 Å². The van der Waals surface area contributed by atoms with Gasteiger partial charge in [0.05, 0.1) is 0 Å². The summed E-state index contributed by atoms with van der Waals surface area (Å²) in [6, 6.07) is 13.0. The predicted molar refractivity (Wildman–Crippen MR) is 83.9 cm³/mol. The van der Waals surface area contributed by atoms with Gasteiger partial charge in [-0.2, -0.15) is 0 Å². The number of hydrogen-bond donors (Lipinski definition) is 1.